The molecule has 1 aliphatic heterocycles. The lowest BCUT2D eigenvalue weighted by Crippen LogP contribution is -2.57. The molecule has 0 aliphatic carbocycles. The Labute approximate surface area is 123 Å². The van der Waals surface area contributed by atoms with Crippen molar-refractivity contribution in [1.29, 1.82) is 0 Å². The highest BCUT2D eigenvalue weighted by Crippen LogP contribution is 2.39. The van der Waals surface area contributed by atoms with Gasteiger partial charge in [-0.15, -0.1) is 0 Å². The first-order valence-electron chi connectivity index (χ1n) is 7.47. The van der Waals surface area contributed by atoms with Gasteiger partial charge in [0, 0.05) is 10.8 Å². The zero-order valence-corrected chi connectivity index (χ0v) is 14.3. The Bertz CT molecular complexity index is 310. The minimum atomic E-state index is -0.691. The Morgan fingerprint density at radius 3 is 1.95 bits per heavy atom. The Morgan fingerprint density at radius 1 is 1.10 bits per heavy atom. The van der Waals surface area contributed by atoms with Gasteiger partial charge in [-0.1, -0.05) is 27.7 Å². The molecule has 20 heavy (non-hydrogen) atoms. The predicted molar refractivity (Wildman–Crippen MR) is 79.6 cm³/mol. The van der Waals surface area contributed by atoms with E-state index in [4.69, 9.17) is 14.2 Å². The van der Waals surface area contributed by atoms with Crippen LogP contribution in [0.5, 0.6) is 0 Å². The molecule has 4 nitrogen and oxygen atoms in total. The SMILES string of the molecule is CC(C)OC(C)(C)C(O)C(C)(C)C1OCC(C)(C)CO1. The van der Waals surface area contributed by atoms with Gasteiger partial charge in [0.1, 0.15) is 0 Å². The van der Waals surface area contributed by atoms with Crippen molar-refractivity contribution in [2.45, 2.75) is 79.5 Å². The molecule has 0 aromatic heterocycles. The predicted octanol–water partition coefficient (Wildman–Crippen LogP) is 2.98. The smallest absolute Gasteiger partial charge is 0.165 e. The van der Waals surface area contributed by atoms with E-state index in [1.807, 2.05) is 41.5 Å². The first kappa shape index (κ1) is 17.9. The van der Waals surface area contributed by atoms with Gasteiger partial charge in [0.05, 0.1) is 31.0 Å². The fourth-order valence-electron chi connectivity index (χ4n) is 2.82. The summed E-state index contributed by atoms with van der Waals surface area (Å²) in [6.45, 7) is 17.2. The lowest BCUT2D eigenvalue weighted by Gasteiger charge is -2.48. The molecule has 0 radical (unpaired) electrons. The number of aliphatic hydroxyl groups excluding tert-OH is 1. The van der Waals surface area contributed by atoms with Gasteiger partial charge in [-0.3, -0.25) is 0 Å². The summed E-state index contributed by atoms with van der Waals surface area (Å²) in [5, 5.41) is 10.8. The minimum absolute atomic E-state index is 0.0292. The van der Waals surface area contributed by atoms with Crippen molar-refractivity contribution in [2.24, 2.45) is 10.8 Å². The first-order valence-corrected chi connectivity index (χ1v) is 7.47. The zero-order chi connectivity index (χ0) is 15.8. The average molecular weight is 288 g/mol. The summed E-state index contributed by atoms with van der Waals surface area (Å²) in [6.07, 6.45) is -1.05. The van der Waals surface area contributed by atoms with Gasteiger partial charge in [0.2, 0.25) is 0 Å². The monoisotopic (exact) mass is 288 g/mol. The van der Waals surface area contributed by atoms with Crippen molar-refractivity contribution >= 4 is 0 Å². The second-order valence-electron chi connectivity index (χ2n) is 8.11. The molecule has 0 aromatic rings. The van der Waals surface area contributed by atoms with Crippen molar-refractivity contribution in [1.82, 2.24) is 0 Å². The van der Waals surface area contributed by atoms with Gasteiger partial charge in [-0.05, 0) is 27.7 Å². The molecule has 0 amide bonds. The van der Waals surface area contributed by atoms with Crippen LogP contribution in [0.25, 0.3) is 0 Å². The molecule has 1 fully saturated rings. The third kappa shape index (κ3) is 4.17. The van der Waals surface area contributed by atoms with Crippen molar-refractivity contribution in [3.8, 4) is 0 Å². The molecule has 0 saturated carbocycles. The number of hydrogen-bond donors (Lipinski definition) is 1. The molecule has 1 rings (SSSR count). The summed E-state index contributed by atoms with van der Waals surface area (Å²) in [7, 11) is 0. The number of hydrogen-bond acceptors (Lipinski definition) is 4. The maximum Gasteiger partial charge on any atom is 0.165 e. The van der Waals surface area contributed by atoms with Crippen LogP contribution in [0.1, 0.15) is 55.4 Å². The molecule has 1 N–H and O–H groups in total. The van der Waals surface area contributed by atoms with Crippen molar-refractivity contribution < 1.29 is 19.3 Å². The molecule has 0 aromatic carbocycles. The lowest BCUT2D eigenvalue weighted by atomic mass is 9.77. The lowest BCUT2D eigenvalue weighted by molar-refractivity contribution is -0.294. The van der Waals surface area contributed by atoms with Crippen molar-refractivity contribution in [2.75, 3.05) is 13.2 Å². The van der Waals surface area contributed by atoms with E-state index in [1.54, 1.807) is 0 Å². The third-order valence-electron chi connectivity index (χ3n) is 3.76. The normalized spacial score (nSPS) is 23.1. The molecule has 1 heterocycles. The van der Waals surface area contributed by atoms with Crippen LogP contribution in [-0.4, -0.2) is 42.4 Å². The molecule has 1 atom stereocenters. The largest absolute Gasteiger partial charge is 0.389 e. The van der Waals surface area contributed by atoms with Crippen molar-refractivity contribution in [3.05, 3.63) is 0 Å². The fourth-order valence-corrected chi connectivity index (χ4v) is 2.82. The van der Waals surface area contributed by atoms with Gasteiger partial charge < -0.3 is 19.3 Å². The van der Waals surface area contributed by atoms with Gasteiger partial charge >= 0.3 is 0 Å². The Balaban J connectivity index is 2.77. The van der Waals surface area contributed by atoms with E-state index in [0.29, 0.717) is 13.2 Å². The van der Waals surface area contributed by atoms with Crippen LogP contribution >= 0.6 is 0 Å². The summed E-state index contributed by atoms with van der Waals surface area (Å²) in [6, 6.07) is 0. The van der Waals surface area contributed by atoms with Crippen LogP contribution in [-0.2, 0) is 14.2 Å². The third-order valence-corrected chi connectivity index (χ3v) is 3.76. The molecule has 0 spiro atoms. The van der Waals surface area contributed by atoms with Crippen LogP contribution < -0.4 is 0 Å². The van der Waals surface area contributed by atoms with E-state index in [0.717, 1.165) is 0 Å². The summed E-state index contributed by atoms with van der Waals surface area (Å²) in [5.41, 5.74) is -1.17. The van der Waals surface area contributed by atoms with Gasteiger partial charge in [-0.2, -0.15) is 0 Å². The molecule has 120 valence electrons. The Hall–Kier alpha value is -0.160. The minimum Gasteiger partial charge on any atom is -0.389 e. The van der Waals surface area contributed by atoms with E-state index < -0.39 is 23.4 Å². The number of rotatable bonds is 5. The summed E-state index contributed by atoms with van der Waals surface area (Å²) >= 11 is 0. The molecule has 0 bridgehead atoms. The summed E-state index contributed by atoms with van der Waals surface area (Å²) in [5.74, 6) is 0. The summed E-state index contributed by atoms with van der Waals surface area (Å²) < 4.78 is 17.5. The van der Waals surface area contributed by atoms with E-state index >= 15 is 0 Å². The van der Waals surface area contributed by atoms with E-state index in [1.165, 1.54) is 0 Å². The number of aliphatic hydroxyl groups is 1. The van der Waals surface area contributed by atoms with Crippen LogP contribution in [0.2, 0.25) is 0 Å². The van der Waals surface area contributed by atoms with Crippen LogP contribution in [0, 0.1) is 10.8 Å². The highest BCUT2D eigenvalue weighted by molar-refractivity contribution is 4.94. The second-order valence-corrected chi connectivity index (χ2v) is 8.11. The van der Waals surface area contributed by atoms with Crippen LogP contribution in [0.3, 0.4) is 0 Å². The van der Waals surface area contributed by atoms with Crippen LogP contribution in [0.15, 0.2) is 0 Å². The van der Waals surface area contributed by atoms with Crippen molar-refractivity contribution in [3.63, 3.8) is 0 Å². The quantitative estimate of drug-likeness (QED) is 0.845. The first-order chi connectivity index (χ1) is 8.88. The maximum absolute atomic E-state index is 10.8. The Morgan fingerprint density at radius 2 is 1.55 bits per heavy atom. The molecular weight excluding hydrogens is 256 g/mol. The van der Waals surface area contributed by atoms with Gasteiger partial charge in [0.15, 0.2) is 6.29 Å². The standard InChI is InChI=1S/C16H32O4/c1-11(2)20-16(7,8)12(17)15(5,6)13-18-9-14(3,4)10-19-13/h11-13,17H,9-10H2,1-8H3. The highest BCUT2D eigenvalue weighted by Gasteiger charge is 2.48. The molecular formula is C16H32O4. The topological polar surface area (TPSA) is 47.9 Å². The zero-order valence-electron chi connectivity index (χ0n) is 14.3. The van der Waals surface area contributed by atoms with Crippen LogP contribution in [0.4, 0.5) is 0 Å². The van der Waals surface area contributed by atoms with E-state index in [9.17, 15) is 5.11 Å². The van der Waals surface area contributed by atoms with Gasteiger partial charge in [0.25, 0.3) is 0 Å². The van der Waals surface area contributed by atoms with E-state index in [2.05, 4.69) is 13.8 Å². The van der Waals surface area contributed by atoms with E-state index in [-0.39, 0.29) is 11.5 Å². The highest BCUT2D eigenvalue weighted by atomic mass is 16.7. The fraction of sp³-hybridized carbons (Fsp3) is 1.00. The molecule has 1 unspecified atom stereocenters. The maximum atomic E-state index is 10.8. The van der Waals surface area contributed by atoms with Gasteiger partial charge in [-0.25, -0.2) is 0 Å². The molecule has 1 saturated heterocycles. The molecule has 4 heteroatoms. The average Bonchev–Trinajstić information content (AvgIpc) is 2.25. The number of ether oxygens (including phenoxy) is 3. The Kier molecular flexibility index (Phi) is 5.29. The second kappa shape index (κ2) is 5.91. The summed E-state index contributed by atoms with van der Waals surface area (Å²) in [4.78, 5) is 0. The molecule has 1 aliphatic rings.